The Morgan fingerprint density at radius 2 is 1.90 bits per heavy atom. The van der Waals surface area contributed by atoms with Crippen molar-refractivity contribution in [1.82, 2.24) is 15.2 Å². The van der Waals surface area contributed by atoms with E-state index in [1.807, 2.05) is 0 Å². The summed E-state index contributed by atoms with van der Waals surface area (Å²) in [4.78, 5) is 18.7. The van der Waals surface area contributed by atoms with Gasteiger partial charge in [-0.3, -0.25) is 4.79 Å². The van der Waals surface area contributed by atoms with E-state index in [1.54, 1.807) is 12.1 Å². The molecule has 0 aromatic carbocycles. The second-order valence-electron chi connectivity index (χ2n) is 5.48. The van der Waals surface area contributed by atoms with E-state index in [0.717, 1.165) is 32.0 Å². The Morgan fingerprint density at radius 3 is 2.55 bits per heavy atom. The zero-order valence-corrected chi connectivity index (χ0v) is 12.6. The summed E-state index contributed by atoms with van der Waals surface area (Å²) < 4.78 is 0. The number of hydrogen-bond acceptors (Lipinski definition) is 3. The molecule has 1 saturated carbocycles. The van der Waals surface area contributed by atoms with Crippen molar-refractivity contribution >= 4 is 29.1 Å². The maximum absolute atomic E-state index is 12.2. The number of nitrogens with one attached hydrogen (secondary N) is 1. The van der Waals surface area contributed by atoms with Crippen LogP contribution in [0.2, 0.25) is 10.2 Å². The molecule has 0 unspecified atom stereocenters. The number of nitrogens with zero attached hydrogens (tertiary/aromatic N) is 2. The van der Waals surface area contributed by atoms with Crippen LogP contribution in [0.15, 0.2) is 12.1 Å². The molecule has 0 radical (unpaired) electrons. The van der Waals surface area contributed by atoms with Gasteiger partial charge in [-0.15, -0.1) is 0 Å². The first-order valence-corrected chi connectivity index (χ1v) is 7.76. The van der Waals surface area contributed by atoms with Crippen molar-refractivity contribution in [2.45, 2.75) is 37.8 Å². The molecule has 1 saturated heterocycles. The van der Waals surface area contributed by atoms with Crippen LogP contribution in [-0.2, 0) is 0 Å². The van der Waals surface area contributed by atoms with Crippen LogP contribution in [0.5, 0.6) is 0 Å². The Morgan fingerprint density at radius 1 is 1.20 bits per heavy atom. The van der Waals surface area contributed by atoms with Crippen molar-refractivity contribution in [2.75, 3.05) is 13.1 Å². The van der Waals surface area contributed by atoms with Crippen molar-refractivity contribution in [3.63, 3.8) is 0 Å². The third kappa shape index (κ3) is 3.25. The number of carbonyl (C=O) groups excluding carboxylic acids is 1. The molecule has 20 heavy (non-hydrogen) atoms. The average molecular weight is 314 g/mol. The van der Waals surface area contributed by atoms with Gasteiger partial charge in [0.15, 0.2) is 0 Å². The minimum Gasteiger partial charge on any atom is -0.348 e. The first kappa shape index (κ1) is 14.1. The smallest absolute Gasteiger partial charge is 0.271 e. The Kier molecular flexibility index (Phi) is 4.15. The highest BCUT2D eigenvalue weighted by Crippen LogP contribution is 2.29. The van der Waals surface area contributed by atoms with Crippen molar-refractivity contribution in [1.29, 1.82) is 0 Å². The zero-order chi connectivity index (χ0) is 14.1. The van der Waals surface area contributed by atoms with Crippen molar-refractivity contribution in [3.05, 3.63) is 28.0 Å². The Hall–Kier alpha value is -0.840. The Balaban J connectivity index is 1.57. The van der Waals surface area contributed by atoms with Gasteiger partial charge in [0, 0.05) is 25.2 Å². The summed E-state index contributed by atoms with van der Waals surface area (Å²) in [5.74, 6) is -0.234. The third-order valence-electron chi connectivity index (χ3n) is 3.96. The van der Waals surface area contributed by atoms with Gasteiger partial charge in [-0.25, -0.2) is 4.98 Å². The van der Waals surface area contributed by atoms with Gasteiger partial charge in [0.2, 0.25) is 0 Å². The van der Waals surface area contributed by atoms with Gasteiger partial charge in [0.1, 0.15) is 10.8 Å². The van der Waals surface area contributed by atoms with Crippen LogP contribution in [-0.4, -0.2) is 41.0 Å². The van der Waals surface area contributed by atoms with E-state index in [-0.39, 0.29) is 22.8 Å². The summed E-state index contributed by atoms with van der Waals surface area (Å²) in [6.07, 6.45) is 4.64. The van der Waals surface area contributed by atoms with E-state index < -0.39 is 0 Å². The lowest BCUT2D eigenvalue weighted by Gasteiger charge is -2.32. The van der Waals surface area contributed by atoms with E-state index in [0.29, 0.717) is 5.02 Å². The molecule has 3 rings (SSSR count). The fourth-order valence-electron chi connectivity index (χ4n) is 2.68. The molecule has 1 aromatic heterocycles. The summed E-state index contributed by atoms with van der Waals surface area (Å²) in [5.41, 5.74) is 0.212. The standard InChI is InChI=1S/C14H17Cl2N3O/c15-11-3-4-12(16)18-13(11)14(20)17-9-5-7-19(8-6-9)10-1-2-10/h3-4,9-10H,1-2,5-8H2,(H,17,20). The number of likely N-dealkylation sites (tertiary alicyclic amines) is 1. The van der Waals surface area contributed by atoms with Crippen molar-refractivity contribution in [3.8, 4) is 0 Å². The predicted octanol–water partition coefficient (Wildman–Crippen LogP) is 2.75. The summed E-state index contributed by atoms with van der Waals surface area (Å²) in [6.45, 7) is 2.12. The molecule has 0 atom stereocenters. The molecule has 4 nitrogen and oxygen atoms in total. The molecule has 1 aliphatic heterocycles. The van der Waals surface area contributed by atoms with Gasteiger partial charge >= 0.3 is 0 Å². The maximum atomic E-state index is 12.2. The highest BCUT2D eigenvalue weighted by atomic mass is 35.5. The Bertz CT molecular complexity index is 511. The number of rotatable bonds is 3. The second-order valence-corrected chi connectivity index (χ2v) is 6.27. The maximum Gasteiger partial charge on any atom is 0.271 e. The first-order valence-electron chi connectivity index (χ1n) is 7.00. The van der Waals surface area contributed by atoms with Crippen LogP contribution in [0.25, 0.3) is 0 Å². The van der Waals surface area contributed by atoms with E-state index in [2.05, 4.69) is 15.2 Å². The van der Waals surface area contributed by atoms with E-state index >= 15 is 0 Å². The summed E-state index contributed by atoms with van der Waals surface area (Å²) in [7, 11) is 0. The minimum atomic E-state index is -0.234. The highest BCUT2D eigenvalue weighted by molar-refractivity contribution is 6.34. The van der Waals surface area contributed by atoms with Crippen LogP contribution in [0.1, 0.15) is 36.2 Å². The molecule has 0 bridgehead atoms. The predicted molar refractivity (Wildman–Crippen MR) is 79.3 cm³/mol. The van der Waals surface area contributed by atoms with Gasteiger partial charge in [-0.05, 0) is 37.8 Å². The summed E-state index contributed by atoms with van der Waals surface area (Å²) in [5, 5.41) is 3.63. The molecule has 1 aromatic rings. The van der Waals surface area contributed by atoms with Gasteiger partial charge in [-0.2, -0.15) is 0 Å². The second kappa shape index (κ2) is 5.88. The number of carbonyl (C=O) groups is 1. The van der Waals surface area contributed by atoms with Crippen molar-refractivity contribution < 1.29 is 4.79 Å². The topological polar surface area (TPSA) is 45.2 Å². The molecule has 0 spiro atoms. The van der Waals surface area contributed by atoms with Gasteiger partial charge in [0.05, 0.1) is 5.02 Å². The fraction of sp³-hybridized carbons (Fsp3) is 0.571. The fourth-order valence-corrected chi connectivity index (χ4v) is 3.02. The third-order valence-corrected chi connectivity index (χ3v) is 4.47. The molecule has 1 amide bonds. The van der Waals surface area contributed by atoms with E-state index in [9.17, 15) is 4.79 Å². The molecular weight excluding hydrogens is 297 g/mol. The van der Waals surface area contributed by atoms with Gasteiger partial charge in [0.25, 0.3) is 5.91 Å². The molecule has 1 aliphatic carbocycles. The number of piperidine rings is 1. The first-order chi connectivity index (χ1) is 9.63. The molecule has 2 heterocycles. The molecule has 1 N–H and O–H groups in total. The van der Waals surface area contributed by atoms with Crippen LogP contribution in [0.4, 0.5) is 0 Å². The number of pyridine rings is 1. The molecule has 2 aliphatic rings. The quantitative estimate of drug-likeness (QED) is 0.873. The molecular formula is C14H17Cl2N3O. The zero-order valence-electron chi connectivity index (χ0n) is 11.1. The molecule has 2 fully saturated rings. The molecule has 108 valence electrons. The van der Waals surface area contributed by atoms with Gasteiger partial charge < -0.3 is 10.2 Å². The highest BCUT2D eigenvalue weighted by Gasteiger charge is 2.32. The van der Waals surface area contributed by atoms with Crippen LogP contribution >= 0.6 is 23.2 Å². The van der Waals surface area contributed by atoms with Gasteiger partial charge in [-0.1, -0.05) is 23.2 Å². The lowest BCUT2D eigenvalue weighted by Crippen LogP contribution is -2.45. The van der Waals surface area contributed by atoms with Crippen LogP contribution in [0.3, 0.4) is 0 Å². The van der Waals surface area contributed by atoms with E-state index in [1.165, 1.54) is 12.8 Å². The number of aromatic nitrogens is 1. The number of halogens is 2. The van der Waals surface area contributed by atoms with E-state index in [4.69, 9.17) is 23.2 Å². The largest absolute Gasteiger partial charge is 0.348 e. The summed E-state index contributed by atoms with van der Waals surface area (Å²) in [6, 6.07) is 4.18. The lowest BCUT2D eigenvalue weighted by atomic mass is 10.0. The monoisotopic (exact) mass is 313 g/mol. The van der Waals surface area contributed by atoms with Crippen molar-refractivity contribution in [2.24, 2.45) is 0 Å². The van der Waals surface area contributed by atoms with Crippen LogP contribution in [0, 0.1) is 0 Å². The minimum absolute atomic E-state index is 0.203. The Labute approximate surface area is 128 Å². The normalized spacial score (nSPS) is 20.9. The number of hydrogen-bond donors (Lipinski definition) is 1. The lowest BCUT2D eigenvalue weighted by molar-refractivity contribution is 0.0904. The SMILES string of the molecule is O=C(NC1CCN(C2CC2)CC1)c1nc(Cl)ccc1Cl. The summed E-state index contributed by atoms with van der Waals surface area (Å²) >= 11 is 11.8. The molecule has 6 heteroatoms. The van der Waals surface area contributed by atoms with Crippen LogP contribution < -0.4 is 5.32 Å². The average Bonchev–Trinajstić information content (AvgIpc) is 3.27. The number of amides is 1.